The summed E-state index contributed by atoms with van der Waals surface area (Å²) in [5.41, 5.74) is 3.07. The van der Waals surface area contributed by atoms with Crippen LogP contribution in [-0.4, -0.2) is 25.7 Å². The number of anilines is 1. The molecule has 1 N–H and O–H groups in total. The molecule has 3 nitrogen and oxygen atoms in total. The topological polar surface area (TPSA) is 39.1 Å². The number of rotatable bonds is 4. The van der Waals surface area contributed by atoms with Gasteiger partial charge in [0.1, 0.15) is 6.07 Å². The largest absolute Gasteiger partial charge is 0.369 e. The minimum absolute atomic E-state index is 0.556. The van der Waals surface area contributed by atoms with Crippen LogP contribution in [-0.2, 0) is 0 Å². The lowest BCUT2D eigenvalue weighted by molar-refractivity contribution is 0.400. The molecule has 2 rings (SSSR count). The zero-order valence-electron chi connectivity index (χ0n) is 11.9. The lowest BCUT2D eigenvalue weighted by Gasteiger charge is -2.32. The van der Waals surface area contributed by atoms with Gasteiger partial charge in [-0.3, -0.25) is 0 Å². The molecule has 1 aromatic carbocycles. The third kappa shape index (κ3) is 3.48. The van der Waals surface area contributed by atoms with E-state index in [1.165, 1.54) is 24.8 Å². The monoisotopic (exact) mass is 257 g/mol. The van der Waals surface area contributed by atoms with Crippen LogP contribution in [0.4, 0.5) is 5.69 Å². The van der Waals surface area contributed by atoms with E-state index in [0.29, 0.717) is 6.04 Å². The molecular weight excluding hydrogens is 234 g/mol. The highest BCUT2D eigenvalue weighted by molar-refractivity contribution is 5.60. The van der Waals surface area contributed by atoms with Gasteiger partial charge in [-0.2, -0.15) is 5.26 Å². The molecule has 0 saturated carbocycles. The van der Waals surface area contributed by atoms with E-state index in [4.69, 9.17) is 0 Å². The molecule has 1 aliphatic rings. The molecule has 1 unspecified atom stereocenters. The van der Waals surface area contributed by atoms with Gasteiger partial charge in [0.15, 0.2) is 0 Å². The summed E-state index contributed by atoms with van der Waals surface area (Å²) < 4.78 is 0. The number of nitrogens with zero attached hydrogens (tertiary/aromatic N) is 2. The summed E-state index contributed by atoms with van der Waals surface area (Å²) in [6, 6.07) is 8.94. The average molecular weight is 257 g/mol. The van der Waals surface area contributed by atoms with Crippen LogP contribution in [0.25, 0.3) is 0 Å². The highest BCUT2D eigenvalue weighted by Gasteiger charge is 2.18. The normalized spacial score (nSPS) is 18.9. The number of nitrogens with one attached hydrogen (secondary N) is 1. The van der Waals surface area contributed by atoms with Gasteiger partial charge in [-0.05, 0) is 50.9 Å². The number of likely N-dealkylation sites (N-methyl/N-ethyl adjacent to an activating group) is 1. The van der Waals surface area contributed by atoms with Gasteiger partial charge in [0.05, 0.1) is 11.3 Å². The minimum atomic E-state index is 0.556. The van der Waals surface area contributed by atoms with Gasteiger partial charge in [-0.1, -0.05) is 12.5 Å². The van der Waals surface area contributed by atoms with Crippen LogP contribution in [0, 0.1) is 18.3 Å². The van der Waals surface area contributed by atoms with E-state index in [1.807, 2.05) is 12.1 Å². The summed E-state index contributed by atoms with van der Waals surface area (Å²) in [5.74, 6) is 0. The Morgan fingerprint density at radius 2 is 2.26 bits per heavy atom. The van der Waals surface area contributed by atoms with Crippen molar-refractivity contribution in [3.8, 4) is 6.07 Å². The average Bonchev–Trinajstić information content (AvgIpc) is 2.46. The predicted octanol–water partition coefficient (Wildman–Crippen LogP) is 2.84. The maximum Gasteiger partial charge on any atom is 0.101 e. The minimum Gasteiger partial charge on any atom is -0.369 e. The second kappa shape index (κ2) is 6.58. The van der Waals surface area contributed by atoms with E-state index in [9.17, 15) is 5.26 Å². The Labute approximate surface area is 116 Å². The Bertz CT molecular complexity index is 456. The molecule has 3 heteroatoms. The third-order valence-corrected chi connectivity index (χ3v) is 3.85. The maximum atomic E-state index is 9.27. The highest BCUT2D eigenvalue weighted by Crippen LogP contribution is 2.22. The molecule has 19 heavy (non-hydrogen) atoms. The van der Waals surface area contributed by atoms with Gasteiger partial charge in [-0.15, -0.1) is 0 Å². The van der Waals surface area contributed by atoms with E-state index in [-0.39, 0.29) is 0 Å². The Morgan fingerprint density at radius 3 is 2.89 bits per heavy atom. The van der Waals surface area contributed by atoms with Crippen LogP contribution in [0.1, 0.15) is 37.3 Å². The Kier molecular flexibility index (Phi) is 4.81. The molecular formula is C16H23N3. The van der Waals surface area contributed by atoms with Crippen LogP contribution in [0.5, 0.6) is 0 Å². The van der Waals surface area contributed by atoms with Gasteiger partial charge < -0.3 is 10.2 Å². The SMILES string of the molecule is CCN(CC1CCCCN1)c1cc(C)ccc1C#N. The summed E-state index contributed by atoms with van der Waals surface area (Å²) in [6.45, 7) is 7.30. The summed E-state index contributed by atoms with van der Waals surface area (Å²) >= 11 is 0. The van der Waals surface area contributed by atoms with E-state index >= 15 is 0 Å². The zero-order valence-corrected chi connectivity index (χ0v) is 11.9. The predicted molar refractivity (Wildman–Crippen MR) is 79.4 cm³/mol. The lowest BCUT2D eigenvalue weighted by Crippen LogP contribution is -2.44. The van der Waals surface area contributed by atoms with Crippen LogP contribution in [0.15, 0.2) is 18.2 Å². The van der Waals surface area contributed by atoms with Gasteiger partial charge in [0.2, 0.25) is 0 Å². The molecule has 0 radical (unpaired) electrons. The fraction of sp³-hybridized carbons (Fsp3) is 0.562. The van der Waals surface area contributed by atoms with E-state index in [0.717, 1.165) is 30.9 Å². The standard InChI is InChI=1S/C16H23N3/c1-3-19(12-15-6-4-5-9-18-15)16-10-13(2)7-8-14(16)11-17/h7-8,10,15,18H,3-6,9,12H2,1-2H3. The molecule has 1 aromatic rings. The number of hydrogen-bond acceptors (Lipinski definition) is 3. The first kappa shape index (κ1) is 13.9. The van der Waals surface area contributed by atoms with Crippen molar-refractivity contribution >= 4 is 5.69 Å². The first-order chi connectivity index (χ1) is 9.24. The van der Waals surface area contributed by atoms with Crippen molar-refractivity contribution in [3.63, 3.8) is 0 Å². The fourth-order valence-corrected chi connectivity index (χ4v) is 2.74. The Hall–Kier alpha value is -1.53. The van der Waals surface area contributed by atoms with E-state index < -0.39 is 0 Å². The number of piperidine rings is 1. The number of nitriles is 1. The van der Waals surface area contributed by atoms with Crippen molar-refractivity contribution in [2.45, 2.75) is 39.2 Å². The number of aryl methyl sites for hydroxylation is 1. The molecule has 1 fully saturated rings. The number of hydrogen-bond donors (Lipinski definition) is 1. The van der Waals surface area contributed by atoms with Crippen molar-refractivity contribution in [1.29, 1.82) is 5.26 Å². The van der Waals surface area contributed by atoms with Gasteiger partial charge in [0, 0.05) is 19.1 Å². The summed E-state index contributed by atoms with van der Waals surface area (Å²) in [5, 5.41) is 12.8. The van der Waals surface area contributed by atoms with Crippen molar-refractivity contribution in [1.82, 2.24) is 5.32 Å². The fourth-order valence-electron chi connectivity index (χ4n) is 2.74. The lowest BCUT2D eigenvalue weighted by atomic mass is 10.0. The van der Waals surface area contributed by atoms with Crippen molar-refractivity contribution in [2.75, 3.05) is 24.5 Å². The summed E-state index contributed by atoms with van der Waals surface area (Å²) in [4.78, 5) is 2.33. The molecule has 1 heterocycles. The van der Waals surface area contributed by atoms with Crippen LogP contribution < -0.4 is 10.2 Å². The van der Waals surface area contributed by atoms with E-state index in [2.05, 4.69) is 36.2 Å². The highest BCUT2D eigenvalue weighted by atomic mass is 15.2. The smallest absolute Gasteiger partial charge is 0.101 e. The van der Waals surface area contributed by atoms with E-state index in [1.54, 1.807) is 0 Å². The van der Waals surface area contributed by atoms with Crippen molar-refractivity contribution < 1.29 is 0 Å². The van der Waals surface area contributed by atoms with Gasteiger partial charge in [-0.25, -0.2) is 0 Å². The van der Waals surface area contributed by atoms with Crippen LogP contribution in [0.2, 0.25) is 0 Å². The third-order valence-electron chi connectivity index (χ3n) is 3.85. The molecule has 0 amide bonds. The molecule has 1 aliphatic heterocycles. The quantitative estimate of drug-likeness (QED) is 0.901. The van der Waals surface area contributed by atoms with Crippen molar-refractivity contribution in [3.05, 3.63) is 29.3 Å². The maximum absolute atomic E-state index is 9.27. The molecule has 0 bridgehead atoms. The second-order valence-electron chi connectivity index (χ2n) is 5.32. The van der Waals surface area contributed by atoms with Gasteiger partial charge >= 0.3 is 0 Å². The molecule has 102 valence electrons. The summed E-state index contributed by atoms with van der Waals surface area (Å²) in [6.07, 6.45) is 3.84. The first-order valence-electron chi connectivity index (χ1n) is 7.23. The summed E-state index contributed by atoms with van der Waals surface area (Å²) in [7, 11) is 0. The zero-order chi connectivity index (χ0) is 13.7. The first-order valence-corrected chi connectivity index (χ1v) is 7.23. The molecule has 1 saturated heterocycles. The van der Waals surface area contributed by atoms with Crippen LogP contribution >= 0.6 is 0 Å². The Morgan fingerprint density at radius 1 is 1.42 bits per heavy atom. The molecule has 0 spiro atoms. The number of benzene rings is 1. The molecule has 1 atom stereocenters. The molecule has 0 aliphatic carbocycles. The van der Waals surface area contributed by atoms with Gasteiger partial charge in [0.25, 0.3) is 0 Å². The van der Waals surface area contributed by atoms with Crippen molar-refractivity contribution in [2.24, 2.45) is 0 Å². The second-order valence-corrected chi connectivity index (χ2v) is 5.32. The van der Waals surface area contributed by atoms with Crippen LogP contribution in [0.3, 0.4) is 0 Å². The Balaban J connectivity index is 2.16. The molecule has 0 aromatic heterocycles.